The van der Waals surface area contributed by atoms with Gasteiger partial charge in [-0.3, -0.25) is 4.79 Å². The Hall–Kier alpha value is -2.22. The number of amides is 1. The quantitative estimate of drug-likeness (QED) is 0.772. The lowest BCUT2D eigenvalue weighted by Crippen LogP contribution is -2.35. The Kier molecular flexibility index (Phi) is 6.83. The van der Waals surface area contributed by atoms with Gasteiger partial charge in [0.25, 0.3) is 0 Å². The fourth-order valence-electron chi connectivity index (χ4n) is 3.33. The van der Waals surface area contributed by atoms with Crippen molar-refractivity contribution in [1.29, 1.82) is 0 Å². The Morgan fingerprint density at radius 2 is 1.75 bits per heavy atom. The van der Waals surface area contributed by atoms with Crippen molar-refractivity contribution in [2.45, 2.75) is 37.2 Å². The van der Waals surface area contributed by atoms with E-state index in [1.54, 1.807) is 35.7 Å². The molecular formula is C21H26N2O4S. The maximum Gasteiger partial charge on any atom is 0.243 e. The molecule has 7 heteroatoms. The summed E-state index contributed by atoms with van der Waals surface area (Å²) >= 11 is 0. The highest BCUT2D eigenvalue weighted by molar-refractivity contribution is 7.89. The Labute approximate surface area is 166 Å². The Balaban J connectivity index is 1.62. The lowest BCUT2D eigenvalue weighted by atomic mass is 10.1. The third-order valence-corrected chi connectivity index (χ3v) is 6.68. The maximum atomic E-state index is 12.7. The number of sulfonamides is 1. The molecule has 1 amide bonds. The molecule has 2 aromatic rings. The van der Waals surface area contributed by atoms with E-state index in [-0.39, 0.29) is 17.2 Å². The zero-order chi connectivity index (χ0) is 20.0. The van der Waals surface area contributed by atoms with Gasteiger partial charge in [-0.25, -0.2) is 8.42 Å². The molecule has 1 aliphatic rings. The van der Waals surface area contributed by atoms with E-state index < -0.39 is 10.0 Å². The van der Waals surface area contributed by atoms with Crippen molar-refractivity contribution in [2.75, 3.05) is 25.5 Å². The van der Waals surface area contributed by atoms with E-state index in [1.807, 2.05) is 24.3 Å². The SMILES string of the molecule is COCc1cccc(NC(=O)Cc2ccc(S(=O)(=O)N3CCCCC3)cc2)c1. The van der Waals surface area contributed by atoms with Gasteiger partial charge in [-0.05, 0) is 48.2 Å². The molecule has 2 aromatic carbocycles. The van der Waals surface area contributed by atoms with Crippen LogP contribution in [-0.2, 0) is 32.6 Å². The van der Waals surface area contributed by atoms with Crippen molar-refractivity contribution in [3.63, 3.8) is 0 Å². The summed E-state index contributed by atoms with van der Waals surface area (Å²) in [6.45, 7) is 1.64. The fourth-order valence-corrected chi connectivity index (χ4v) is 4.85. The average Bonchev–Trinajstić information content (AvgIpc) is 2.69. The van der Waals surface area contributed by atoms with Crippen molar-refractivity contribution in [2.24, 2.45) is 0 Å². The van der Waals surface area contributed by atoms with E-state index >= 15 is 0 Å². The van der Waals surface area contributed by atoms with Crippen LogP contribution in [0.5, 0.6) is 0 Å². The van der Waals surface area contributed by atoms with E-state index in [4.69, 9.17) is 4.74 Å². The molecule has 150 valence electrons. The maximum absolute atomic E-state index is 12.7. The first-order valence-electron chi connectivity index (χ1n) is 9.46. The second-order valence-electron chi connectivity index (χ2n) is 6.97. The topological polar surface area (TPSA) is 75.7 Å². The zero-order valence-electron chi connectivity index (χ0n) is 16.1. The third-order valence-electron chi connectivity index (χ3n) is 4.76. The summed E-state index contributed by atoms with van der Waals surface area (Å²) < 4.78 is 32.0. The minimum absolute atomic E-state index is 0.152. The number of benzene rings is 2. The average molecular weight is 403 g/mol. The molecule has 0 aromatic heterocycles. The summed E-state index contributed by atoms with van der Waals surface area (Å²) in [5, 5.41) is 2.86. The van der Waals surface area contributed by atoms with Crippen LogP contribution in [0.15, 0.2) is 53.4 Å². The van der Waals surface area contributed by atoms with Gasteiger partial charge in [0.15, 0.2) is 0 Å². The van der Waals surface area contributed by atoms with Gasteiger partial charge < -0.3 is 10.1 Å². The van der Waals surface area contributed by atoms with Gasteiger partial charge in [-0.15, -0.1) is 0 Å². The lowest BCUT2D eigenvalue weighted by Gasteiger charge is -2.25. The van der Waals surface area contributed by atoms with Crippen LogP contribution in [0.3, 0.4) is 0 Å². The van der Waals surface area contributed by atoms with Crippen molar-refractivity contribution in [3.8, 4) is 0 Å². The molecule has 3 rings (SSSR count). The highest BCUT2D eigenvalue weighted by Gasteiger charge is 2.25. The van der Waals surface area contributed by atoms with Gasteiger partial charge in [0.1, 0.15) is 0 Å². The predicted octanol–water partition coefficient (Wildman–Crippen LogP) is 3.19. The second kappa shape index (κ2) is 9.32. The van der Waals surface area contributed by atoms with Crippen molar-refractivity contribution in [3.05, 3.63) is 59.7 Å². The summed E-state index contributed by atoms with van der Waals surface area (Å²) in [5.74, 6) is -0.152. The van der Waals surface area contributed by atoms with Crippen LogP contribution in [0.2, 0.25) is 0 Å². The van der Waals surface area contributed by atoms with E-state index in [2.05, 4.69) is 5.32 Å². The van der Waals surface area contributed by atoms with Gasteiger partial charge in [0, 0.05) is 25.9 Å². The molecule has 0 atom stereocenters. The standard InChI is InChI=1S/C21H26N2O4S/c1-27-16-18-6-5-7-19(14-18)22-21(24)15-17-8-10-20(11-9-17)28(25,26)23-12-3-2-4-13-23/h5-11,14H,2-4,12-13,15-16H2,1H3,(H,22,24). The Morgan fingerprint density at radius 3 is 2.43 bits per heavy atom. The van der Waals surface area contributed by atoms with E-state index in [9.17, 15) is 13.2 Å². The first-order valence-corrected chi connectivity index (χ1v) is 10.9. The summed E-state index contributed by atoms with van der Waals surface area (Å²) in [7, 11) is -1.82. The normalized spacial score (nSPS) is 15.3. The molecule has 0 unspecified atom stereocenters. The molecule has 1 N–H and O–H groups in total. The first kappa shape index (κ1) is 20.5. The Bertz CT molecular complexity index is 904. The molecule has 1 aliphatic heterocycles. The number of hydrogen-bond donors (Lipinski definition) is 1. The summed E-state index contributed by atoms with van der Waals surface area (Å²) in [4.78, 5) is 12.6. The minimum Gasteiger partial charge on any atom is -0.380 e. The number of methoxy groups -OCH3 is 1. The molecular weight excluding hydrogens is 376 g/mol. The van der Waals surface area contributed by atoms with E-state index in [1.165, 1.54) is 0 Å². The fraction of sp³-hybridized carbons (Fsp3) is 0.381. The van der Waals surface area contributed by atoms with Crippen LogP contribution < -0.4 is 5.32 Å². The molecule has 1 heterocycles. The number of anilines is 1. The highest BCUT2D eigenvalue weighted by atomic mass is 32.2. The molecule has 6 nitrogen and oxygen atoms in total. The molecule has 0 radical (unpaired) electrons. The Morgan fingerprint density at radius 1 is 1.04 bits per heavy atom. The third kappa shape index (κ3) is 5.19. The van der Waals surface area contributed by atoms with Crippen molar-refractivity contribution < 1.29 is 17.9 Å². The van der Waals surface area contributed by atoms with Crippen LogP contribution in [-0.4, -0.2) is 38.8 Å². The molecule has 1 fully saturated rings. The molecule has 0 bridgehead atoms. The second-order valence-corrected chi connectivity index (χ2v) is 8.90. The number of ether oxygens (including phenoxy) is 1. The van der Waals surface area contributed by atoms with E-state index in [0.717, 1.165) is 30.4 Å². The van der Waals surface area contributed by atoms with Gasteiger partial charge in [0.2, 0.25) is 15.9 Å². The zero-order valence-corrected chi connectivity index (χ0v) is 16.9. The predicted molar refractivity (Wildman–Crippen MR) is 109 cm³/mol. The van der Waals surface area contributed by atoms with Gasteiger partial charge in [0.05, 0.1) is 17.9 Å². The van der Waals surface area contributed by atoms with Gasteiger partial charge in [-0.1, -0.05) is 30.7 Å². The number of carbonyl (C=O) groups excluding carboxylic acids is 1. The van der Waals surface area contributed by atoms with Crippen molar-refractivity contribution >= 4 is 21.6 Å². The number of rotatable bonds is 7. The highest BCUT2D eigenvalue weighted by Crippen LogP contribution is 2.21. The summed E-state index contributed by atoms with van der Waals surface area (Å²) in [6, 6.07) is 14.1. The number of carbonyl (C=O) groups is 1. The number of piperidine rings is 1. The largest absolute Gasteiger partial charge is 0.380 e. The number of nitrogens with zero attached hydrogens (tertiary/aromatic N) is 1. The van der Waals surface area contributed by atoms with Crippen LogP contribution in [0, 0.1) is 0 Å². The van der Waals surface area contributed by atoms with Crippen LogP contribution in [0.25, 0.3) is 0 Å². The molecule has 0 spiro atoms. The summed E-state index contributed by atoms with van der Waals surface area (Å²) in [6.07, 6.45) is 3.07. The minimum atomic E-state index is -3.45. The number of nitrogens with one attached hydrogen (secondary N) is 1. The van der Waals surface area contributed by atoms with E-state index in [0.29, 0.717) is 25.4 Å². The molecule has 1 saturated heterocycles. The molecule has 0 saturated carbocycles. The van der Waals surface area contributed by atoms with Crippen LogP contribution in [0.1, 0.15) is 30.4 Å². The smallest absolute Gasteiger partial charge is 0.243 e. The van der Waals surface area contributed by atoms with Crippen LogP contribution in [0.4, 0.5) is 5.69 Å². The number of hydrogen-bond acceptors (Lipinski definition) is 4. The molecule has 0 aliphatic carbocycles. The monoisotopic (exact) mass is 402 g/mol. The summed E-state index contributed by atoms with van der Waals surface area (Å²) in [5.41, 5.74) is 2.46. The lowest BCUT2D eigenvalue weighted by molar-refractivity contribution is -0.115. The van der Waals surface area contributed by atoms with Crippen molar-refractivity contribution in [1.82, 2.24) is 4.31 Å². The van der Waals surface area contributed by atoms with Crippen LogP contribution >= 0.6 is 0 Å². The first-order chi connectivity index (χ1) is 13.5. The van der Waals surface area contributed by atoms with Gasteiger partial charge in [-0.2, -0.15) is 4.31 Å². The van der Waals surface area contributed by atoms with Gasteiger partial charge >= 0.3 is 0 Å². The molecule has 28 heavy (non-hydrogen) atoms.